The fourth-order valence-corrected chi connectivity index (χ4v) is 3.36. The van der Waals surface area contributed by atoms with Gasteiger partial charge in [0.05, 0.1) is 6.61 Å². The van der Waals surface area contributed by atoms with Crippen molar-refractivity contribution in [2.24, 2.45) is 0 Å². The smallest absolute Gasteiger partial charge is 0.211 e. The minimum absolute atomic E-state index is 0.266. The minimum Gasteiger partial charge on any atom is -0.507 e. The van der Waals surface area contributed by atoms with Crippen molar-refractivity contribution in [1.29, 1.82) is 0 Å². The third kappa shape index (κ3) is 2.68. The van der Waals surface area contributed by atoms with Crippen LogP contribution in [0.1, 0.15) is 18.3 Å². The number of aromatic nitrogens is 1. The second kappa shape index (κ2) is 6.20. The number of hydrogen-bond donors (Lipinski definition) is 1. The van der Waals surface area contributed by atoms with Gasteiger partial charge < -0.3 is 9.84 Å². The number of aromatic hydroxyl groups is 1. The van der Waals surface area contributed by atoms with Crippen LogP contribution in [-0.2, 0) is 0 Å². The van der Waals surface area contributed by atoms with E-state index in [0.29, 0.717) is 6.61 Å². The Bertz CT molecular complexity index is 828. The number of benzene rings is 1. The maximum absolute atomic E-state index is 10.5. The van der Waals surface area contributed by atoms with Crippen LogP contribution < -0.4 is 9.30 Å². The molecule has 4 heteroatoms. The van der Waals surface area contributed by atoms with E-state index in [1.807, 2.05) is 38.1 Å². The first kappa shape index (κ1) is 15.8. The van der Waals surface area contributed by atoms with Gasteiger partial charge in [-0.15, -0.1) is 0 Å². The van der Waals surface area contributed by atoms with Crippen molar-refractivity contribution in [3.8, 4) is 28.3 Å². The Morgan fingerprint density at radius 1 is 1.00 bits per heavy atom. The Balaban J connectivity index is 2.35. The third-order valence-corrected chi connectivity index (χ3v) is 4.56. The fraction of sp³-hybridized carbons (Fsp3) is 0.211. The normalized spacial score (nSPS) is 11.0. The van der Waals surface area contributed by atoms with E-state index >= 15 is 0 Å². The van der Waals surface area contributed by atoms with Gasteiger partial charge >= 0.3 is 0 Å². The highest BCUT2D eigenvalue weighted by Gasteiger charge is 2.32. The van der Waals surface area contributed by atoms with E-state index in [2.05, 4.69) is 39.6 Å². The summed E-state index contributed by atoms with van der Waals surface area (Å²) in [5, 5.41) is 10.5. The van der Waals surface area contributed by atoms with Gasteiger partial charge in [-0.1, -0.05) is 22.0 Å². The zero-order valence-electron chi connectivity index (χ0n) is 13.4. The topological polar surface area (TPSA) is 33.3 Å². The molecule has 0 saturated carbocycles. The van der Waals surface area contributed by atoms with Gasteiger partial charge in [-0.3, -0.25) is 0 Å². The van der Waals surface area contributed by atoms with Gasteiger partial charge in [-0.05, 0) is 31.2 Å². The van der Waals surface area contributed by atoms with Crippen molar-refractivity contribution in [2.45, 2.75) is 20.8 Å². The lowest BCUT2D eigenvalue weighted by atomic mass is 10.1. The first-order valence-electron chi connectivity index (χ1n) is 7.60. The van der Waals surface area contributed by atoms with Gasteiger partial charge in [-0.2, -0.15) is 4.57 Å². The molecule has 3 rings (SSSR count). The van der Waals surface area contributed by atoms with Gasteiger partial charge in [0.2, 0.25) is 5.69 Å². The lowest BCUT2D eigenvalue weighted by Crippen LogP contribution is -2.34. The average molecular weight is 373 g/mol. The molecule has 2 aliphatic rings. The standard InChI is InChI=1S/C19H18BrNO2/c1-4-23-17-7-5-6-16(22)18-12(2)21(13(3)19(17)18)15-10-8-14(20)9-11-15/h5-11H,4H2,1-3H3/p+1. The first-order chi connectivity index (χ1) is 11.0. The summed E-state index contributed by atoms with van der Waals surface area (Å²) in [6.45, 7) is 6.63. The quantitative estimate of drug-likeness (QED) is 0.684. The van der Waals surface area contributed by atoms with Crippen LogP contribution in [0.5, 0.6) is 11.5 Å². The van der Waals surface area contributed by atoms with Crippen molar-refractivity contribution in [1.82, 2.24) is 0 Å². The molecule has 118 valence electrons. The summed E-state index contributed by atoms with van der Waals surface area (Å²) in [5.41, 5.74) is 4.89. The predicted octanol–water partition coefficient (Wildman–Crippen LogP) is 4.55. The Hall–Kier alpha value is -2.07. The largest absolute Gasteiger partial charge is 0.507 e. The van der Waals surface area contributed by atoms with Crippen molar-refractivity contribution in [3.05, 3.63) is 58.3 Å². The Labute approximate surface area is 144 Å². The third-order valence-electron chi connectivity index (χ3n) is 4.03. The highest BCUT2D eigenvalue weighted by Crippen LogP contribution is 2.41. The Kier molecular flexibility index (Phi) is 4.26. The van der Waals surface area contributed by atoms with E-state index in [1.165, 1.54) is 0 Å². The van der Waals surface area contributed by atoms with Crippen molar-refractivity contribution in [2.75, 3.05) is 6.61 Å². The minimum atomic E-state index is 0.266. The first-order valence-corrected chi connectivity index (χ1v) is 8.39. The SMILES string of the molecule is CCOc1cccc(O)c2c(C)[n+](-c3ccc(Br)cc3)c(C)c1-2. The number of fused-ring (bicyclic) bond motifs is 1. The summed E-state index contributed by atoms with van der Waals surface area (Å²) < 4.78 is 9.00. The molecule has 23 heavy (non-hydrogen) atoms. The monoisotopic (exact) mass is 372 g/mol. The van der Waals surface area contributed by atoms with E-state index in [4.69, 9.17) is 4.74 Å². The number of ether oxygens (including phenoxy) is 1. The van der Waals surface area contributed by atoms with Gasteiger partial charge in [0.1, 0.15) is 22.6 Å². The molecule has 0 fully saturated rings. The molecule has 0 saturated heterocycles. The van der Waals surface area contributed by atoms with Crippen LogP contribution >= 0.6 is 15.9 Å². The second-order valence-corrected chi connectivity index (χ2v) is 6.36. The van der Waals surface area contributed by atoms with Gasteiger partial charge in [-0.25, -0.2) is 0 Å². The lowest BCUT2D eigenvalue weighted by Gasteiger charge is -2.04. The highest BCUT2D eigenvalue weighted by molar-refractivity contribution is 9.10. The molecule has 0 amide bonds. The molecular formula is C19H19BrNO2+. The number of nitrogens with zero attached hydrogens (tertiary/aromatic N) is 1. The van der Waals surface area contributed by atoms with Crippen molar-refractivity contribution >= 4 is 15.9 Å². The van der Waals surface area contributed by atoms with E-state index in [9.17, 15) is 5.11 Å². The Morgan fingerprint density at radius 2 is 1.65 bits per heavy atom. The molecule has 1 aliphatic heterocycles. The predicted molar refractivity (Wildman–Crippen MR) is 94.6 cm³/mol. The zero-order valence-corrected chi connectivity index (χ0v) is 15.0. The van der Waals surface area contributed by atoms with Crippen LogP contribution in [-0.4, -0.2) is 11.7 Å². The molecule has 0 atom stereocenters. The molecule has 1 N–H and O–H groups in total. The fourth-order valence-electron chi connectivity index (χ4n) is 3.10. The Morgan fingerprint density at radius 3 is 2.30 bits per heavy atom. The molecule has 0 spiro atoms. The zero-order chi connectivity index (χ0) is 16.6. The summed E-state index contributed by atoms with van der Waals surface area (Å²) in [6.07, 6.45) is 0. The molecule has 3 nitrogen and oxygen atoms in total. The van der Waals surface area contributed by atoms with E-state index < -0.39 is 0 Å². The van der Waals surface area contributed by atoms with Gasteiger partial charge in [0, 0.05) is 30.5 Å². The molecule has 0 unspecified atom stereocenters. The van der Waals surface area contributed by atoms with Crippen LogP contribution in [0, 0.1) is 13.8 Å². The molecule has 1 aliphatic carbocycles. The van der Waals surface area contributed by atoms with Crippen molar-refractivity contribution in [3.63, 3.8) is 0 Å². The van der Waals surface area contributed by atoms with Crippen LogP contribution in [0.15, 0.2) is 46.9 Å². The van der Waals surface area contributed by atoms with E-state index in [1.54, 1.807) is 6.07 Å². The molecule has 0 aromatic heterocycles. The summed E-state index contributed by atoms with van der Waals surface area (Å²) in [5.74, 6) is 1.06. The van der Waals surface area contributed by atoms with Crippen LogP contribution in [0.2, 0.25) is 0 Å². The number of halogens is 1. The van der Waals surface area contributed by atoms with Crippen LogP contribution in [0.4, 0.5) is 0 Å². The molecule has 1 aromatic rings. The maximum atomic E-state index is 10.5. The summed E-state index contributed by atoms with van der Waals surface area (Å²) in [6, 6.07) is 13.6. The second-order valence-electron chi connectivity index (χ2n) is 5.44. The molecular weight excluding hydrogens is 354 g/mol. The van der Waals surface area contributed by atoms with E-state index in [0.717, 1.165) is 38.4 Å². The molecule has 1 heterocycles. The molecule has 0 radical (unpaired) electrons. The highest BCUT2D eigenvalue weighted by atomic mass is 79.9. The summed E-state index contributed by atoms with van der Waals surface area (Å²) in [4.78, 5) is 0. The average Bonchev–Trinajstić information content (AvgIpc) is 2.67. The summed E-state index contributed by atoms with van der Waals surface area (Å²) in [7, 11) is 0. The number of hydrogen-bond acceptors (Lipinski definition) is 2. The maximum Gasteiger partial charge on any atom is 0.211 e. The van der Waals surface area contributed by atoms with Gasteiger partial charge in [0.15, 0.2) is 11.4 Å². The van der Waals surface area contributed by atoms with Crippen LogP contribution in [0.25, 0.3) is 16.8 Å². The van der Waals surface area contributed by atoms with Crippen molar-refractivity contribution < 1.29 is 14.4 Å². The summed E-state index contributed by atoms with van der Waals surface area (Å²) >= 11 is 3.47. The lowest BCUT2D eigenvalue weighted by molar-refractivity contribution is -0.604. The van der Waals surface area contributed by atoms with Gasteiger partial charge in [0.25, 0.3) is 0 Å². The molecule has 0 bridgehead atoms. The number of rotatable bonds is 3. The molecule has 1 aromatic carbocycles. The van der Waals surface area contributed by atoms with E-state index in [-0.39, 0.29) is 5.75 Å². The van der Waals surface area contributed by atoms with Crippen LogP contribution in [0.3, 0.4) is 0 Å².